The highest BCUT2D eigenvalue weighted by Crippen LogP contribution is 2.34. The van der Waals surface area contributed by atoms with Crippen LogP contribution in [0.5, 0.6) is 17.4 Å². The Morgan fingerprint density at radius 2 is 1.86 bits per heavy atom. The minimum atomic E-state index is -0.543. The average Bonchev–Trinajstić information content (AvgIpc) is 2.97. The summed E-state index contributed by atoms with van der Waals surface area (Å²) in [4.78, 5) is 33.1. The van der Waals surface area contributed by atoms with E-state index >= 15 is 0 Å². The monoisotopic (exact) mass is 583 g/mol. The molecule has 0 unspecified atom stereocenters. The average molecular weight is 584 g/mol. The van der Waals surface area contributed by atoms with Crippen molar-refractivity contribution in [1.29, 1.82) is 0 Å². The van der Waals surface area contributed by atoms with Crippen LogP contribution in [0.2, 0.25) is 5.02 Å². The summed E-state index contributed by atoms with van der Waals surface area (Å²) in [6.07, 6.45) is 2.56. The number of benzene rings is 3. The van der Waals surface area contributed by atoms with Crippen LogP contribution in [0.4, 0.5) is 5.69 Å². The van der Waals surface area contributed by atoms with Gasteiger partial charge in [-0.25, -0.2) is 9.97 Å². The number of fused-ring (bicyclic) bond motifs is 1. The van der Waals surface area contributed by atoms with Crippen LogP contribution < -0.4 is 15.0 Å². The van der Waals surface area contributed by atoms with Crippen molar-refractivity contribution in [3.63, 3.8) is 0 Å². The second-order valence-corrected chi connectivity index (χ2v) is 10.2. The van der Waals surface area contributed by atoms with Crippen molar-refractivity contribution in [1.82, 2.24) is 14.6 Å². The lowest BCUT2D eigenvalue weighted by Gasteiger charge is -2.17. The van der Waals surface area contributed by atoms with Crippen LogP contribution >= 0.6 is 11.6 Å². The third kappa shape index (κ3) is 5.70. The van der Waals surface area contributed by atoms with Gasteiger partial charge in [-0.2, -0.15) is 9.78 Å². The van der Waals surface area contributed by atoms with E-state index in [-0.39, 0.29) is 23.0 Å². The van der Waals surface area contributed by atoms with E-state index in [4.69, 9.17) is 26.1 Å². The topological polar surface area (TPSA) is 122 Å². The van der Waals surface area contributed by atoms with Gasteiger partial charge in [0, 0.05) is 28.3 Å². The summed E-state index contributed by atoms with van der Waals surface area (Å²) in [5, 5.41) is 16.4. The van der Waals surface area contributed by atoms with E-state index in [9.17, 15) is 14.9 Å². The van der Waals surface area contributed by atoms with Crippen molar-refractivity contribution in [3.05, 3.63) is 115 Å². The molecule has 0 fully saturated rings. The van der Waals surface area contributed by atoms with Crippen molar-refractivity contribution in [3.8, 4) is 28.8 Å². The van der Waals surface area contributed by atoms with E-state index in [2.05, 4.69) is 23.9 Å². The maximum Gasteiger partial charge on any atom is 0.287 e. The number of hydrogen-bond donors (Lipinski definition) is 0. The summed E-state index contributed by atoms with van der Waals surface area (Å²) in [5.74, 6) is 1.74. The number of aryl methyl sites for hydroxylation is 1. The number of nitro groups is 1. The summed E-state index contributed by atoms with van der Waals surface area (Å²) < 4.78 is 12.8. The highest BCUT2D eigenvalue weighted by molar-refractivity contribution is 6.30. The smallest absolute Gasteiger partial charge is 0.287 e. The Labute approximate surface area is 246 Å². The molecule has 0 saturated carbocycles. The summed E-state index contributed by atoms with van der Waals surface area (Å²) >= 11 is 6.29. The molecule has 0 spiro atoms. The first-order valence-corrected chi connectivity index (χ1v) is 13.4. The molecule has 0 aliphatic rings. The predicted molar refractivity (Wildman–Crippen MR) is 162 cm³/mol. The standard InChI is InChI=1S/C31H26ClN5O5/c1-18(2)24-15-25(19(3)13-28(24)41-4)30-35-26-8-6-5-7-23(26)31(38)36(30)34-16-20-14-21(32)9-11-27(20)42-29-12-10-22(17-33-29)37(39)40/h5-18H,1-4H3. The molecule has 5 aromatic rings. The molecule has 0 aliphatic carbocycles. The SMILES string of the molecule is COc1cc(C)c(-c2nc3ccccc3c(=O)n2N=Cc2cc(Cl)ccc2Oc2ccc([N+](=O)[O-])cn2)cc1C(C)C. The van der Waals surface area contributed by atoms with Gasteiger partial charge in [0.2, 0.25) is 5.88 Å². The zero-order chi connectivity index (χ0) is 30.0. The number of nitrogens with zero attached hydrogens (tertiary/aromatic N) is 5. The summed E-state index contributed by atoms with van der Waals surface area (Å²) in [6.45, 7) is 6.06. The molecule has 0 amide bonds. The normalized spacial score (nSPS) is 11.4. The van der Waals surface area contributed by atoms with E-state index < -0.39 is 4.92 Å². The fourth-order valence-corrected chi connectivity index (χ4v) is 4.64. The van der Waals surface area contributed by atoms with Crippen LogP contribution in [-0.4, -0.2) is 32.9 Å². The van der Waals surface area contributed by atoms with Gasteiger partial charge in [0.05, 0.1) is 29.2 Å². The number of methoxy groups -OCH3 is 1. The molecule has 0 aliphatic heterocycles. The molecule has 0 N–H and O–H groups in total. The third-order valence-electron chi connectivity index (χ3n) is 6.62. The number of halogens is 1. The lowest BCUT2D eigenvalue weighted by atomic mass is 9.96. The number of para-hydroxylation sites is 1. The number of rotatable bonds is 8. The van der Waals surface area contributed by atoms with E-state index in [0.717, 1.165) is 28.6 Å². The van der Waals surface area contributed by atoms with Gasteiger partial charge in [-0.1, -0.05) is 37.6 Å². The highest BCUT2D eigenvalue weighted by Gasteiger charge is 2.19. The number of ether oxygens (including phenoxy) is 2. The van der Waals surface area contributed by atoms with Gasteiger partial charge in [-0.15, -0.1) is 0 Å². The van der Waals surface area contributed by atoms with E-state index in [1.807, 2.05) is 25.1 Å². The molecule has 2 aromatic heterocycles. The van der Waals surface area contributed by atoms with Gasteiger partial charge < -0.3 is 9.47 Å². The minimum Gasteiger partial charge on any atom is -0.496 e. The van der Waals surface area contributed by atoms with E-state index in [0.29, 0.717) is 33.1 Å². The zero-order valence-electron chi connectivity index (χ0n) is 23.2. The van der Waals surface area contributed by atoms with Crippen molar-refractivity contribution < 1.29 is 14.4 Å². The van der Waals surface area contributed by atoms with Crippen LogP contribution in [-0.2, 0) is 0 Å². The highest BCUT2D eigenvalue weighted by atomic mass is 35.5. The second kappa shape index (κ2) is 11.8. The summed E-state index contributed by atoms with van der Waals surface area (Å²) in [6, 6.07) is 18.6. The molecule has 42 heavy (non-hydrogen) atoms. The van der Waals surface area contributed by atoms with Crippen molar-refractivity contribution in [2.45, 2.75) is 26.7 Å². The Hall–Kier alpha value is -5.09. The van der Waals surface area contributed by atoms with Crippen LogP contribution in [0.1, 0.15) is 36.5 Å². The Balaban J connectivity index is 1.65. The maximum absolute atomic E-state index is 13.8. The molecule has 5 rings (SSSR count). The lowest BCUT2D eigenvalue weighted by molar-refractivity contribution is -0.385. The molecule has 0 bridgehead atoms. The quantitative estimate of drug-likeness (QED) is 0.108. The molecule has 2 heterocycles. The Morgan fingerprint density at radius 1 is 1.07 bits per heavy atom. The Kier molecular flexibility index (Phi) is 7.99. The Bertz CT molecular complexity index is 1900. The number of aromatic nitrogens is 3. The largest absolute Gasteiger partial charge is 0.496 e. The molecule has 3 aromatic carbocycles. The summed E-state index contributed by atoms with van der Waals surface area (Å²) in [7, 11) is 1.63. The van der Waals surface area contributed by atoms with Gasteiger partial charge in [-0.05, 0) is 66.4 Å². The number of pyridine rings is 1. The van der Waals surface area contributed by atoms with Crippen molar-refractivity contribution >= 4 is 34.4 Å². The van der Waals surface area contributed by atoms with Gasteiger partial charge in [0.1, 0.15) is 17.7 Å². The van der Waals surface area contributed by atoms with Crippen molar-refractivity contribution in [2.24, 2.45) is 5.10 Å². The molecule has 0 radical (unpaired) electrons. The molecule has 0 saturated heterocycles. The molecule has 212 valence electrons. The van der Waals surface area contributed by atoms with Crippen molar-refractivity contribution in [2.75, 3.05) is 7.11 Å². The Morgan fingerprint density at radius 3 is 2.55 bits per heavy atom. The third-order valence-corrected chi connectivity index (χ3v) is 6.86. The molecular formula is C31H26ClN5O5. The van der Waals surface area contributed by atoms with Crippen LogP contribution in [0.3, 0.4) is 0 Å². The minimum absolute atomic E-state index is 0.137. The fraction of sp³-hybridized carbons (Fsp3) is 0.161. The van der Waals surface area contributed by atoms with Gasteiger partial charge in [0.25, 0.3) is 11.2 Å². The van der Waals surface area contributed by atoms with Gasteiger partial charge in [0.15, 0.2) is 5.82 Å². The van der Waals surface area contributed by atoms with E-state index in [1.165, 1.54) is 23.0 Å². The second-order valence-electron chi connectivity index (χ2n) is 9.77. The van der Waals surface area contributed by atoms with Crippen LogP contribution in [0, 0.1) is 17.0 Å². The zero-order valence-corrected chi connectivity index (χ0v) is 24.0. The molecular weight excluding hydrogens is 558 g/mol. The van der Waals surface area contributed by atoms with Crippen LogP contribution in [0.25, 0.3) is 22.3 Å². The first-order valence-electron chi connectivity index (χ1n) is 13.0. The predicted octanol–water partition coefficient (Wildman–Crippen LogP) is 7.14. The summed E-state index contributed by atoms with van der Waals surface area (Å²) in [5.41, 5.74) is 3.04. The first-order chi connectivity index (χ1) is 20.2. The van der Waals surface area contributed by atoms with Crippen LogP contribution in [0.15, 0.2) is 82.8 Å². The maximum atomic E-state index is 13.8. The first kappa shape index (κ1) is 28.4. The van der Waals surface area contributed by atoms with Gasteiger partial charge >= 0.3 is 0 Å². The van der Waals surface area contributed by atoms with E-state index in [1.54, 1.807) is 43.5 Å². The number of hydrogen-bond acceptors (Lipinski definition) is 8. The lowest BCUT2D eigenvalue weighted by Crippen LogP contribution is -2.21. The fourth-order valence-electron chi connectivity index (χ4n) is 4.46. The molecule has 0 atom stereocenters. The molecule has 11 heteroatoms. The van der Waals surface area contributed by atoms with Gasteiger partial charge in [-0.3, -0.25) is 14.9 Å². The molecule has 10 nitrogen and oxygen atoms in total.